The minimum atomic E-state index is -3.22. The van der Waals surface area contributed by atoms with Crippen LogP contribution >= 0.6 is 118 Å². The first kappa shape index (κ1) is 45.3. The van der Waals surface area contributed by atoms with E-state index in [1.54, 1.807) is 0 Å². The third kappa shape index (κ3) is 11.1. The molecule has 5 heterocycles. The molecular formula is C35H31Cl4I3N9O5P. The molecule has 3 aromatic carbocycles. The van der Waals surface area contributed by atoms with E-state index >= 15 is 0 Å². The molecule has 300 valence electrons. The van der Waals surface area contributed by atoms with Gasteiger partial charge in [-0.25, -0.2) is 9.78 Å². The first-order chi connectivity index (χ1) is 26.6. The van der Waals surface area contributed by atoms with Gasteiger partial charge in [-0.05, 0) is 208 Å². The number of fused-ring (bicyclic) bond motifs is 2. The van der Waals surface area contributed by atoms with Crippen LogP contribution in [0.4, 0.5) is 11.4 Å². The van der Waals surface area contributed by atoms with Crippen molar-refractivity contribution in [1.29, 1.82) is 0 Å². The van der Waals surface area contributed by atoms with Crippen molar-refractivity contribution in [2.24, 2.45) is 0 Å². The van der Waals surface area contributed by atoms with Gasteiger partial charge in [0, 0.05) is 27.4 Å². The molecule has 0 spiro atoms. The fourth-order valence-corrected chi connectivity index (χ4v) is 8.24. The molecule has 0 radical (unpaired) electrons. The number of nitrogens with zero attached hydrogens (tertiary/aromatic N) is 4. The molecule has 0 unspecified atom stereocenters. The third-order valence-electron chi connectivity index (χ3n) is 8.22. The summed E-state index contributed by atoms with van der Waals surface area (Å²) in [4.78, 5) is 24.2. The molecule has 7 N–H and O–H groups in total. The molecule has 57 heavy (non-hydrogen) atoms. The number of nitrogens with one attached hydrogen (secondary N) is 3. The Kier molecular flexibility index (Phi) is 14.8. The highest BCUT2D eigenvalue weighted by molar-refractivity contribution is 14.1. The Labute approximate surface area is 385 Å². The summed E-state index contributed by atoms with van der Waals surface area (Å²) in [6.07, 6.45) is 0. The van der Waals surface area contributed by atoms with E-state index in [1.165, 1.54) is 0 Å². The predicted molar refractivity (Wildman–Crippen MR) is 254 cm³/mol. The van der Waals surface area contributed by atoms with Gasteiger partial charge in [0.2, 0.25) is 5.28 Å². The average Bonchev–Trinajstić information content (AvgIpc) is 3.92. The summed E-state index contributed by atoms with van der Waals surface area (Å²) in [6, 6.07) is 11.9. The van der Waals surface area contributed by atoms with Gasteiger partial charge in [-0.1, -0.05) is 15.5 Å². The highest BCUT2D eigenvalue weighted by Gasteiger charge is 2.17. The molecule has 0 aliphatic carbocycles. The first-order valence-electron chi connectivity index (χ1n) is 16.2. The number of benzene rings is 3. The second kappa shape index (κ2) is 18.6. The van der Waals surface area contributed by atoms with Crippen LogP contribution in [0.5, 0.6) is 0 Å². The fourth-order valence-electron chi connectivity index (χ4n) is 5.90. The number of imidazole rings is 2. The highest BCUT2D eigenvalue weighted by atomic mass is 127. The Bertz CT molecular complexity index is 2770. The Morgan fingerprint density at radius 1 is 0.632 bits per heavy atom. The van der Waals surface area contributed by atoms with Crippen molar-refractivity contribution in [3.63, 3.8) is 0 Å². The van der Waals surface area contributed by atoms with E-state index in [0.717, 1.165) is 101 Å². The molecule has 0 saturated carbocycles. The fraction of sp³-hybridized carbons (Fsp3) is 0.171. The van der Waals surface area contributed by atoms with Gasteiger partial charge in [-0.2, -0.15) is 0 Å². The van der Waals surface area contributed by atoms with Crippen molar-refractivity contribution in [2.75, 3.05) is 11.5 Å². The van der Waals surface area contributed by atoms with Crippen LogP contribution in [0.3, 0.4) is 0 Å². The number of nitrogens with two attached hydrogens (primary N) is 2. The summed E-state index contributed by atoms with van der Waals surface area (Å²) >= 11 is 26.4. The van der Waals surface area contributed by atoms with Crippen LogP contribution in [0, 0.1) is 52.3 Å². The summed E-state index contributed by atoms with van der Waals surface area (Å²) < 4.78 is 28.0. The van der Waals surface area contributed by atoms with Crippen molar-refractivity contribution in [2.45, 2.75) is 41.5 Å². The molecule has 0 amide bonds. The van der Waals surface area contributed by atoms with Crippen molar-refractivity contribution in [3.05, 3.63) is 97.2 Å². The molecule has 0 bridgehead atoms. The number of halogens is 7. The molecule has 22 heteroatoms. The molecule has 0 saturated heterocycles. The summed E-state index contributed by atoms with van der Waals surface area (Å²) in [5, 5.41) is 9.03. The van der Waals surface area contributed by atoms with Crippen LogP contribution in [0.2, 0.25) is 5.28 Å². The summed E-state index contributed by atoms with van der Waals surface area (Å²) in [6.45, 7) is 11.4. The second-order valence-corrected chi connectivity index (χ2v) is 22.8. The van der Waals surface area contributed by atoms with Crippen LogP contribution < -0.4 is 17.2 Å². The number of rotatable bonds is 3. The summed E-state index contributed by atoms with van der Waals surface area (Å²) in [5.41, 5.74) is 24.7. The molecule has 8 aromatic rings. The van der Waals surface area contributed by atoms with Crippen LogP contribution in [0.1, 0.15) is 34.4 Å². The molecule has 5 aromatic heterocycles. The van der Waals surface area contributed by atoms with Crippen molar-refractivity contribution >= 4 is 152 Å². The maximum Gasteiger partial charge on any atom is 0.339 e. The van der Waals surface area contributed by atoms with Gasteiger partial charge in [-0.15, -0.1) is 0 Å². The molecule has 0 aliphatic heterocycles. The van der Waals surface area contributed by atoms with Gasteiger partial charge in [0.05, 0.1) is 45.0 Å². The minimum Gasteiger partial charge on any atom is -0.397 e. The number of aromatic nitrogens is 7. The molecular weight excluding hydrogens is 1180 g/mol. The van der Waals surface area contributed by atoms with E-state index in [1.807, 2.05) is 71.9 Å². The van der Waals surface area contributed by atoms with Crippen molar-refractivity contribution in [3.8, 4) is 33.4 Å². The van der Waals surface area contributed by atoms with Crippen LogP contribution in [-0.4, -0.2) is 35.4 Å². The zero-order valence-electron chi connectivity index (χ0n) is 30.5. The maximum absolute atomic E-state index is 11.3. The maximum atomic E-state index is 11.3. The van der Waals surface area contributed by atoms with Gasteiger partial charge in [0.1, 0.15) is 22.8 Å². The molecule has 0 fully saturated rings. The number of nitrogen functional groups attached to an aromatic ring is 2. The van der Waals surface area contributed by atoms with Crippen LogP contribution in [-0.2, 0) is 4.57 Å². The quantitative estimate of drug-likeness (QED) is 0.0635. The van der Waals surface area contributed by atoms with E-state index in [4.69, 9.17) is 36.6 Å². The lowest BCUT2D eigenvalue weighted by Crippen LogP contribution is -1.99. The Morgan fingerprint density at radius 2 is 1.05 bits per heavy atom. The monoisotopic (exact) mass is 1210 g/mol. The lowest BCUT2D eigenvalue weighted by Gasteiger charge is -2.07. The second-order valence-electron chi connectivity index (χ2n) is 12.3. The van der Waals surface area contributed by atoms with E-state index in [9.17, 15) is 9.36 Å². The number of H-pyrrole nitrogens is 3. The number of anilines is 2. The predicted octanol–water partition coefficient (Wildman–Crippen LogP) is 12.4. The standard InChI is InChI=1S/C12H9ClIN3O.C12H10IN3O2.C11H12IN3O.Cl3OP/c1-5-10(6(2)18-17-5)7-3-8(14)11-9(4-7)15-12(13)16-11;1-5-10(6(2)18-16-5)7-3-8(13)11-9(4-7)14-12(17)15-11;1-5-10(6(2)16-15-5)7-3-8(12)11(14)9(13)4-7;1-5(2,3)4/h3-4H,1-2H3,(H,15,16);3-4H,1-2H3,(H2,14,15,17);3-4H,13-14H2,1-2H3;. The van der Waals surface area contributed by atoms with Gasteiger partial charge in [0.15, 0.2) is 0 Å². The summed E-state index contributed by atoms with van der Waals surface area (Å²) in [5.74, 6) is 2.38. The van der Waals surface area contributed by atoms with Crippen molar-refractivity contribution in [1.82, 2.24) is 35.4 Å². The van der Waals surface area contributed by atoms with E-state index in [-0.39, 0.29) is 5.69 Å². The van der Waals surface area contributed by atoms with Gasteiger partial charge in [-0.3, -0.25) is 4.57 Å². The largest absolute Gasteiger partial charge is 0.397 e. The van der Waals surface area contributed by atoms with Gasteiger partial charge < -0.3 is 40.0 Å². The normalized spacial score (nSPS) is 11.2. The lowest BCUT2D eigenvalue weighted by atomic mass is 10.0. The number of hydrogen-bond donors (Lipinski definition) is 5. The van der Waals surface area contributed by atoms with Crippen molar-refractivity contribution < 1.29 is 18.1 Å². The Hall–Kier alpha value is -2.79. The van der Waals surface area contributed by atoms with Crippen LogP contribution in [0.15, 0.2) is 54.8 Å². The summed E-state index contributed by atoms with van der Waals surface area (Å²) in [7, 11) is 0. The first-order valence-corrected chi connectivity index (χ1v) is 24.3. The molecule has 0 aliphatic rings. The smallest absolute Gasteiger partial charge is 0.339 e. The molecule has 14 nitrogen and oxygen atoms in total. The van der Waals surface area contributed by atoms with E-state index in [0.29, 0.717) is 16.7 Å². The molecule has 8 rings (SSSR count). The number of aryl methyl sites for hydroxylation is 6. The Morgan fingerprint density at radius 3 is 1.49 bits per heavy atom. The highest BCUT2D eigenvalue weighted by Crippen LogP contribution is 2.61. The topological polar surface area (TPSA) is 225 Å². The van der Waals surface area contributed by atoms with E-state index in [2.05, 4.69) is 143 Å². The average molecular weight is 1210 g/mol. The number of hydrogen-bond acceptors (Lipinski definition) is 11. The van der Waals surface area contributed by atoms with E-state index < -0.39 is 5.20 Å². The van der Waals surface area contributed by atoms with Crippen LogP contribution in [0.25, 0.3) is 55.4 Å². The van der Waals surface area contributed by atoms with Gasteiger partial charge in [0.25, 0.3) is 0 Å². The SMILES string of the molecule is Cc1noc(C)c1-c1cc(I)c2[nH]c(=O)[nH]c2c1.Cc1noc(C)c1-c1cc(I)c2nc(Cl)[nH]c2c1.Cc1noc(C)c1-c1cc(N)c(N)c(I)c1.O=P(Cl)(Cl)Cl. The zero-order valence-corrected chi connectivity index (χ0v) is 40.9. The lowest BCUT2D eigenvalue weighted by molar-refractivity contribution is 0.393. The Balaban J connectivity index is 0.000000154. The van der Waals surface area contributed by atoms with Gasteiger partial charge >= 0.3 is 10.9 Å². The molecule has 0 atom stereocenters. The minimum absolute atomic E-state index is 0.196. The third-order valence-corrected chi connectivity index (χ3v) is 11.0. The number of aromatic amines is 3. The zero-order chi connectivity index (χ0) is 42.1.